The van der Waals surface area contributed by atoms with Crippen LogP contribution in [0.25, 0.3) is 17.1 Å². The van der Waals surface area contributed by atoms with Crippen molar-refractivity contribution in [2.45, 2.75) is 0 Å². The van der Waals surface area contributed by atoms with Crippen molar-refractivity contribution in [2.75, 3.05) is 12.5 Å². The minimum Gasteiger partial charge on any atom is -0.454 e. The van der Waals surface area contributed by atoms with Crippen LogP contribution in [-0.2, 0) is 0 Å². The van der Waals surface area contributed by atoms with Crippen LogP contribution < -0.4 is 20.6 Å². The number of nitrogens with zero attached hydrogens (tertiary/aromatic N) is 6. The Labute approximate surface area is 194 Å². The Hall–Kier alpha value is -4.16. The first-order chi connectivity index (χ1) is 16.0. The van der Waals surface area contributed by atoms with E-state index in [4.69, 9.17) is 38.4 Å². The zero-order valence-corrected chi connectivity index (χ0v) is 17.9. The molecule has 0 atom stereocenters. The quantitative estimate of drug-likeness (QED) is 0.319. The number of nitrogens with one attached hydrogen (secondary N) is 1. The van der Waals surface area contributed by atoms with E-state index in [1.54, 1.807) is 36.4 Å². The van der Waals surface area contributed by atoms with E-state index >= 15 is 0 Å². The monoisotopic (exact) mass is 486 g/mol. The first kappa shape index (κ1) is 20.7. The number of carbonyl (C=O) groups is 1. The van der Waals surface area contributed by atoms with Gasteiger partial charge in [0.25, 0.3) is 5.91 Å². The summed E-state index contributed by atoms with van der Waals surface area (Å²) in [6.45, 7) is 0.0891. The summed E-state index contributed by atoms with van der Waals surface area (Å²) in [6, 6.07) is 9.95. The molecule has 0 saturated heterocycles. The van der Waals surface area contributed by atoms with Crippen molar-refractivity contribution >= 4 is 41.1 Å². The number of ether oxygens (including phenoxy) is 2. The van der Waals surface area contributed by atoms with Gasteiger partial charge >= 0.3 is 0 Å². The summed E-state index contributed by atoms with van der Waals surface area (Å²) < 4.78 is 16.7. The zero-order valence-electron chi connectivity index (χ0n) is 16.4. The number of hydrazone groups is 1. The molecule has 1 aliphatic heterocycles. The second-order valence-electron chi connectivity index (χ2n) is 6.60. The molecule has 0 saturated carbocycles. The maximum absolute atomic E-state index is 12.9. The average Bonchev–Trinajstić information content (AvgIpc) is 3.53. The minimum absolute atomic E-state index is 0.0377. The van der Waals surface area contributed by atoms with E-state index in [1.807, 2.05) is 0 Å². The largest absolute Gasteiger partial charge is 0.454 e. The number of benzene rings is 2. The van der Waals surface area contributed by atoms with Crippen LogP contribution in [0.15, 0.2) is 46.1 Å². The Bertz CT molecular complexity index is 1400. The lowest BCUT2D eigenvalue weighted by Crippen LogP contribution is -2.19. The number of anilines is 1. The fourth-order valence-corrected chi connectivity index (χ4v) is 3.50. The zero-order chi connectivity index (χ0) is 22.9. The second-order valence-corrected chi connectivity index (χ2v) is 7.45. The summed E-state index contributed by atoms with van der Waals surface area (Å²) in [5.74, 6) is 0.435. The molecule has 0 fully saturated rings. The molecule has 0 unspecified atom stereocenters. The number of amides is 1. The first-order valence-corrected chi connectivity index (χ1v) is 9.99. The molecule has 4 aromatic rings. The number of nitrogens with two attached hydrogens (primary N) is 1. The van der Waals surface area contributed by atoms with Gasteiger partial charge in [-0.05, 0) is 40.6 Å². The van der Waals surface area contributed by atoms with Gasteiger partial charge in [0.2, 0.25) is 18.4 Å². The third-order valence-corrected chi connectivity index (χ3v) is 5.12. The molecule has 0 aliphatic carbocycles. The Kier molecular flexibility index (Phi) is 5.28. The molecule has 3 N–H and O–H groups in total. The molecule has 0 radical (unpaired) electrons. The highest BCUT2D eigenvalue weighted by Crippen LogP contribution is 2.37. The Morgan fingerprint density at radius 1 is 1.15 bits per heavy atom. The minimum atomic E-state index is -0.648. The molecule has 14 heteroatoms. The number of carbonyl (C=O) groups excluding carboxylic acids is 1. The van der Waals surface area contributed by atoms with Gasteiger partial charge in [-0.3, -0.25) is 4.79 Å². The van der Waals surface area contributed by atoms with Crippen LogP contribution in [0.4, 0.5) is 5.82 Å². The predicted molar refractivity (Wildman–Crippen MR) is 117 cm³/mol. The van der Waals surface area contributed by atoms with E-state index in [-0.39, 0.29) is 29.8 Å². The number of hydrogen-bond acceptors (Lipinski definition) is 10. The number of hydrogen-bond donors (Lipinski definition) is 2. The van der Waals surface area contributed by atoms with Gasteiger partial charge in [0.15, 0.2) is 17.2 Å². The van der Waals surface area contributed by atoms with Gasteiger partial charge in [0.05, 0.1) is 11.2 Å². The van der Waals surface area contributed by atoms with Gasteiger partial charge in [-0.25, -0.2) is 10.1 Å². The summed E-state index contributed by atoms with van der Waals surface area (Å²) in [7, 11) is 0. The number of rotatable bonds is 5. The van der Waals surface area contributed by atoms with Gasteiger partial charge in [-0.1, -0.05) is 34.5 Å². The molecule has 33 heavy (non-hydrogen) atoms. The van der Waals surface area contributed by atoms with Crippen molar-refractivity contribution in [1.82, 2.24) is 30.7 Å². The fraction of sp³-hybridized carbons (Fsp3) is 0.0526. The van der Waals surface area contributed by atoms with Crippen molar-refractivity contribution in [2.24, 2.45) is 5.10 Å². The van der Waals surface area contributed by atoms with Crippen LogP contribution >= 0.6 is 23.2 Å². The summed E-state index contributed by atoms with van der Waals surface area (Å²) in [5.41, 5.74) is 9.50. The Balaban J connectivity index is 1.51. The Morgan fingerprint density at radius 2 is 2.00 bits per heavy atom. The normalized spacial score (nSPS) is 12.4. The lowest BCUT2D eigenvalue weighted by molar-refractivity contribution is 0.0950. The lowest BCUT2D eigenvalue weighted by Gasteiger charge is -2.07. The van der Waals surface area contributed by atoms with Gasteiger partial charge in [-0.15, -0.1) is 5.10 Å². The van der Waals surface area contributed by atoms with Crippen LogP contribution in [0, 0.1) is 0 Å². The van der Waals surface area contributed by atoms with Crippen molar-refractivity contribution in [3.8, 4) is 28.6 Å². The van der Waals surface area contributed by atoms with Crippen LogP contribution in [-0.4, -0.2) is 44.2 Å². The van der Waals surface area contributed by atoms with Crippen LogP contribution in [0.1, 0.15) is 16.1 Å². The molecule has 5 rings (SSSR count). The lowest BCUT2D eigenvalue weighted by atomic mass is 10.1. The predicted octanol–water partition coefficient (Wildman–Crippen LogP) is 2.70. The van der Waals surface area contributed by atoms with Crippen molar-refractivity contribution in [1.29, 1.82) is 0 Å². The third-order valence-electron chi connectivity index (χ3n) is 4.56. The van der Waals surface area contributed by atoms with E-state index < -0.39 is 5.91 Å². The van der Waals surface area contributed by atoms with E-state index in [2.05, 4.69) is 35.8 Å². The highest BCUT2D eigenvalue weighted by molar-refractivity contribution is 6.36. The second kappa shape index (κ2) is 8.41. The SMILES string of the molecule is Nc1nonc1-n1nnc(C(=O)NN=Cc2ccc(Cl)cc2Cl)c1-c1ccc2c(c1)OCO2. The molecule has 12 nitrogen and oxygen atoms in total. The van der Waals surface area contributed by atoms with Gasteiger partial charge in [-0.2, -0.15) is 9.78 Å². The number of nitrogen functional groups attached to an aromatic ring is 1. The molecule has 1 aliphatic rings. The van der Waals surface area contributed by atoms with E-state index in [0.717, 1.165) is 0 Å². The molecule has 2 aromatic carbocycles. The Morgan fingerprint density at radius 3 is 2.79 bits per heavy atom. The molecule has 3 heterocycles. The molecule has 1 amide bonds. The standard InChI is InChI=1S/C19H12Cl2N8O4/c20-11-3-1-10(12(21)6-11)7-23-25-19(30)15-16(9-2-4-13-14(5-9)32-8-31-13)29(28-24-15)18-17(22)26-33-27-18/h1-7H,8H2,(H2,22,26)(H,25,30). The van der Waals surface area contributed by atoms with Gasteiger partial charge < -0.3 is 15.2 Å². The van der Waals surface area contributed by atoms with Crippen molar-refractivity contribution < 1.29 is 18.9 Å². The molecular formula is C19H12Cl2N8O4. The summed E-state index contributed by atoms with van der Waals surface area (Å²) in [5, 5.41) is 20.1. The van der Waals surface area contributed by atoms with E-state index in [1.165, 1.54) is 10.9 Å². The molecule has 2 aromatic heterocycles. The fourth-order valence-electron chi connectivity index (χ4n) is 3.04. The third kappa shape index (κ3) is 3.92. The van der Waals surface area contributed by atoms with Crippen molar-refractivity contribution in [3.05, 3.63) is 57.7 Å². The number of halogens is 2. The number of aromatic nitrogens is 5. The van der Waals surface area contributed by atoms with Gasteiger partial charge in [0.1, 0.15) is 5.69 Å². The van der Waals surface area contributed by atoms with Crippen molar-refractivity contribution in [3.63, 3.8) is 0 Å². The average molecular weight is 487 g/mol. The number of fused-ring (bicyclic) bond motifs is 1. The topological polar surface area (TPSA) is 156 Å². The highest BCUT2D eigenvalue weighted by atomic mass is 35.5. The smallest absolute Gasteiger partial charge is 0.294 e. The summed E-state index contributed by atoms with van der Waals surface area (Å²) >= 11 is 12.0. The summed E-state index contributed by atoms with van der Waals surface area (Å²) in [4.78, 5) is 12.9. The summed E-state index contributed by atoms with van der Waals surface area (Å²) in [6.07, 6.45) is 1.38. The van der Waals surface area contributed by atoms with E-state index in [9.17, 15) is 4.79 Å². The van der Waals surface area contributed by atoms with E-state index in [0.29, 0.717) is 32.7 Å². The van der Waals surface area contributed by atoms with Gasteiger partial charge in [0, 0.05) is 16.1 Å². The molecule has 166 valence electrons. The van der Waals surface area contributed by atoms with Crippen LogP contribution in [0.2, 0.25) is 10.0 Å². The molecule has 0 spiro atoms. The van der Waals surface area contributed by atoms with Crippen LogP contribution in [0.5, 0.6) is 11.5 Å². The molecule has 0 bridgehead atoms. The maximum atomic E-state index is 12.9. The maximum Gasteiger partial charge on any atom is 0.294 e. The van der Waals surface area contributed by atoms with Crippen LogP contribution in [0.3, 0.4) is 0 Å². The first-order valence-electron chi connectivity index (χ1n) is 9.24. The highest BCUT2D eigenvalue weighted by Gasteiger charge is 2.26. The molecular weight excluding hydrogens is 475 g/mol.